The minimum Gasteiger partial charge on any atom is -0.341 e. The van der Waals surface area contributed by atoms with Gasteiger partial charge in [-0.3, -0.25) is 9.69 Å². The Morgan fingerprint density at radius 1 is 1.17 bits per heavy atom. The highest BCUT2D eigenvalue weighted by atomic mass is 16.2. The zero-order valence-electron chi connectivity index (χ0n) is 11.8. The first-order valence-electron chi connectivity index (χ1n) is 7.30. The predicted molar refractivity (Wildman–Crippen MR) is 73.2 cm³/mol. The van der Waals surface area contributed by atoms with Crippen LogP contribution in [0.15, 0.2) is 0 Å². The average Bonchev–Trinajstić information content (AvgIpc) is 2.28. The number of carbonyl (C=O) groups is 1. The van der Waals surface area contributed by atoms with Crippen molar-refractivity contribution in [3.63, 3.8) is 0 Å². The quantitative estimate of drug-likeness (QED) is 0.796. The van der Waals surface area contributed by atoms with E-state index in [2.05, 4.69) is 18.7 Å². The van der Waals surface area contributed by atoms with E-state index in [0.717, 1.165) is 50.9 Å². The van der Waals surface area contributed by atoms with Crippen molar-refractivity contribution in [2.24, 2.45) is 17.6 Å². The number of nitrogens with two attached hydrogens (primary N) is 1. The largest absolute Gasteiger partial charge is 0.341 e. The Bertz CT molecular complexity index is 277. The molecule has 2 saturated heterocycles. The van der Waals surface area contributed by atoms with E-state index < -0.39 is 0 Å². The van der Waals surface area contributed by atoms with E-state index in [9.17, 15) is 4.79 Å². The Morgan fingerprint density at radius 2 is 1.72 bits per heavy atom. The van der Waals surface area contributed by atoms with Gasteiger partial charge in [-0.15, -0.1) is 0 Å². The lowest BCUT2D eigenvalue weighted by Gasteiger charge is -2.37. The predicted octanol–water partition coefficient (Wildman–Crippen LogP) is 0.914. The lowest BCUT2D eigenvalue weighted by molar-refractivity contribution is -0.134. The standard InChI is InChI=1S/C14H27N3O/c1-11-7-12(2)9-16(8-11)10-14(18)17-5-3-13(15)4-6-17/h11-13H,3-10,15H2,1-2H3. The first-order chi connectivity index (χ1) is 8.54. The van der Waals surface area contributed by atoms with Crippen LogP contribution < -0.4 is 5.73 Å². The number of hydrogen-bond acceptors (Lipinski definition) is 3. The van der Waals surface area contributed by atoms with Crippen molar-refractivity contribution in [1.82, 2.24) is 9.80 Å². The SMILES string of the molecule is CC1CC(C)CN(CC(=O)N2CCC(N)CC2)C1. The molecule has 104 valence electrons. The molecule has 2 aliphatic rings. The number of rotatable bonds is 2. The molecule has 0 spiro atoms. The molecule has 2 N–H and O–H groups in total. The minimum absolute atomic E-state index is 0.295. The van der Waals surface area contributed by atoms with Gasteiger partial charge in [0.15, 0.2) is 0 Å². The summed E-state index contributed by atoms with van der Waals surface area (Å²) in [5, 5.41) is 0. The maximum absolute atomic E-state index is 12.2. The van der Waals surface area contributed by atoms with Gasteiger partial charge in [0.2, 0.25) is 5.91 Å². The molecule has 2 rings (SSSR count). The fourth-order valence-corrected chi connectivity index (χ4v) is 3.36. The summed E-state index contributed by atoms with van der Waals surface area (Å²) in [6.07, 6.45) is 3.21. The summed E-state index contributed by atoms with van der Waals surface area (Å²) in [7, 11) is 0. The van der Waals surface area contributed by atoms with Crippen molar-refractivity contribution in [2.75, 3.05) is 32.7 Å². The number of amides is 1. The first kappa shape index (κ1) is 13.8. The smallest absolute Gasteiger partial charge is 0.236 e. The molecule has 18 heavy (non-hydrogen) atoms. The molecule has 2 atom stereocenters. The molecule has 2 heterocycles. The minimum atomic E-state index is 0.295. The first-order valence-corrected chi connectivity index (χ1v) is 7.30. The van der Waals surface area contributed by atoms with Crippen LogP contribution in [0.5, 0.6) is 0 Å². The van der Waals surface area contributed by atoms with Gasteiger partial charge in [-0.1, -0.05) is 13.8 Å². The second-order valence-corrected chi connectivity index (χ2v) is 6.36. The highest BCUT2D eigenvalue weighted by Crippen LogP contribution is 2.21. The van der Waals surface area contributed by atoms with Gasteiger partial charge in [0.25, 0.3) is 0 Å². The highest BCUT2D eigenvalue weighted by Gasteiger charge is 2.26. The van der Waals surface area contributed by atoms with Gasteiger partial charge < -0.3 is 10.6 Å². The number of likely N-dealkylation sites (tertiary alicyclic amines) is 2. The van der Waals surface area contributed by atoms with Crippen LogP contribution in [0.4, 0.5) is 0 Å². The van der Waals surface area contributed by atoms with Crippen LogP contribution >= 0.6 is 0 Å². The summed E-state index contributed by atoms with van der Waals surface area (Å²) < 4.78 is 0. The number of carbonyl (C=O) groups excluding carboxylic acids is 1. The van der Waals surface area contributed by atoms with Crippen molar-refractivity contribution in [2.45, 2.75) is 39.2 Å². The maximum atomic E-state index is 12.2. The van der Waals surface area contributed by atoms with Gasteiger partial charge in [0.05, 0.1) is 6.54 Å². The third-order valence-electron chi connectivity index (χ3n) is 4.20. The number of piperidine rings is 2. The van der Waals surface area contributed by atoms with Crippen molar-refractivity contribution in [1.29, 1.82) is 0 Å². The molecule has 0 aromatic heterocycles. The molecule has 0 radical (unpaired) electrons. The Balaban J connectivity index is 1.80. The summed E-state index contributed by atoms with van der Waals surface area (Å²) in [6.45, 7) is 9.01. The van der Waals surface area contributed by atoms with Crippen LogP contribution in [-0.2, 0) is 4.79 Å². The number of nitrogens with zero attached hydrogens (tertiary/aromatic N) is 2. The summed E-state index contributed by atoms with van der Waals surface area (Å²) in [6, 6.07) is 0.295. The molecule has 4 nitrogen and oxygen atoms in total. The van der Waals surface area contributed by atoms with Crippen LogP contribution in [0, 0.1) is 11.8 Å². The molecule has 2 unspecified atom stereocenters. The summed E-state index contributed by atoms with van der Waals surface area (Å²) in [4.78, 5) is 16.6. The van der Waals surface area contributed by atoms with Crippen LogP contribution in [0.25, 0.3) is 0 Å². The van der Waals surface area contributed by atoms with Crippen molar-refractivity contribution in [3.05, 3.63) is 0 Å². The monoisotopic (exact) mass is 253 g/mol. The average molecular weight is 253 g/mol. The van der Waals surface area contributed by atoms with Gasteiger partial charge in [-0.25, -0.2) is 0 Å². The fourth-order valence-electron chi connectivity index (χ4n) is 3.36. The van der Waals surface area contributed by atoms with Crippen molar-refractivity contribution in [3.8, 4) is 0 Å². The van der Waals surface area contributed by atoms with Crippen LogP contribution in [0.1, 0.15) is 33.1 Å². The second kappa shape index (κ2) is 6.02. The lowest BCUT2D eigenvalue weighted by atomic mass is 9.92. The molecule has 0 aromatic carbocycles. The normalized spacial score (nSPS) is 31.6. The van der Waals surface area contributed by atoms with Gasteiger partial charge in [0, 0.05) is 32.2 Å². The van der Waals surface area contributed by atoms with Gasteiger partial charge >= 0.3 is 0 Å². The van der Waals surface area contributed by atoms with Crippen molar-refractivity contribution >= 4 is 5.91 Å². The van der Waals surface area contributed by atoms with Crippen LogP contribution in [-0.4, -0.2) is 54.5 Å². The summed E-state index contributed by atoms with van der Waals surface area (Å²) in [5.74, 6) is 1.73. The maximum Gasteiger partial charge on any atom is 0.236 e. The van der Waals surface area contributed by atoms with E-state index >= 15 is 0 Å². The summed E-state index contributed by atoms with van der Waals surface area (Å²) in [5.41, 5.74) is 5.87. The molecule has 0 aromatic rings. The van der Waals surface area contributed by atoms with Crippen LogP contribution in [0.3, 0.4) is 0 Å². The van der Waals surface area contributed by atoms with E-state index in [1.807, 2.05) is 4.90 Å². The Labute approximate surface area is 110 Å². The molecule has 2 fully saturated rings. The van der Waals surface area contributed by atoms with E-state index in [1.54, 1.807) is 0 Å². The number of hydrogen-bond donors (Lipinski definition) is 1. The Hall–Kier alpha value is -0.610. The molecule has 4 heteroatoms. The molecule has 0 saturated carbocycles. The molecule has 2 aliphatic heterocycles. The van der Waals surface area contributed by atoms with E-state index in [0.29, 0.717) is 18.5 Å². The van der Waals surface area contributed by atoms with Gasteiger partial charge in [-0.2, -0.15) is 0 Å². The third-order valence-corrected chi connectivity index (χ3v) is 4.20. The van der Waals surface area contributed by atoms with Crippen molar-refractivity contribution < 1.29 is 4.79 Å². The molecular weight excluding hydrogens is 226 g/mol. The molecule has 0 aliphatic carbocycles. The van der Waals surface area contributed by atoms with Gasteiger partial charge in [-0.05, 0) is 31.1 Å². The second-order valence-electron chi connectivity index (χ2n) is 6.36. The van der Waals surface area contributed by atoms with E-state index in [4.69, 9.17) is 5.73 Å². The zero-order valence-corrected chi connectivity index (χ0v) is 11.8. The lowest BCUT2D eigenvalue weighted by Crippen LogP contribution is -2.49. The molecule has 1 amide bonds. The molecule has 0 bridgehead atoms. The van der Waals surface area contributed by atoms with E-state index in [-0.39, 0.29) is 0 Å². The Morgan fingerprint density at radius 3 is 2.28 bits per heavy atom. The topological polar surface area (TPSA) is 49.6 Å². The Kier molecular flexibility index (Phi) is 4.62. The van der Waals surface area contributed by atoms with Crippen LogP contribution in [0.2, 0.25) is 0 Å². The third kappa shape index (κ3) is 3.69. The van der Waals surface area contributed by atoms with E-state index in [1.165, 1.54) is 6.42 Å². The fraction of sp³-hybridized carbons (Fsp3) is 0.929. The summed E-state index contributed by atoms with van der Waals surface area (Å²) >= 11 is 0. The molecular formula is C14H27N3O. The zero-order chi connectivity index (χ0) is 13.1. The van der Waals surface area contributed by atoms with Gasteiger partial charge in [0.1, 0.15) is 0 Å². The highest BCUT2D eigenvalue weighted by molar-refractivity contribution is 5.78.